The van der Waals surface area contributed by atoms with Crippen LogP contribution in [0.5, 0.6) is 0 Å². The number of allylic oxidation sites excluding steroid dienone is 1. The summed E-state index contributed by atoms with van der Waals surface area (Å²) in [5.41, 5.74) is 5.63. The summed E-state index contributed by atoms with van der Waals surface area (Å²) in [6, 6.07) is -0.601. The Labute approximate surface area is 141 Å². The Hall–Kier alpha value is -0.460. The van der Waals surface area contributed by atoms with Crippen LogP contribution in [0.1, 0.15) is 84.0 Å². The highest BCUT2D eigenvalue weighted by Gasteiger charge is 2.11. The SMILES string of the molecule is CCCCCCCCCCCCC/C=C/C(O)[C@@H](N)COOO. The van der Waals surface area contributed by atoms with Crippen molar-refractivity contribution in [2.75, 3.05) is 6.61 Å². The summed E-state index contributed by atoms with van der Waals surface area (Å²) >= 11 is 0. The molecule has 2 atom stereocenters. The molecule has 0 amide bonds. The molecule has 0 saturated heterocycles. The molecule has 0 aliphatic heterocycles. The first-order valence-electron chi connectivity index (χ1n) is 9.25. The van der Waals surface area contributed by atoms with Crippen molar-refractivity contribution in [1.82, 2.24) is 0 Å². The molecule has 23 heavy (non-hydrogen) atoms. The molecule has 0 heterocycles. The number of hydrogen-bond donors (Lipinski definition) is 3. The Balaban J connectivity index is 3.30. The third kappa shape index (κ3) is 16.2. The smallest absolute Gasteiger partial charge is 0.103 e. The van der Waals surface area contributed by atoms with E-state index >= 15 is 0 Å². The van der Waals surface area contributed by atoms with Gasteiger partial charge >= 0.3 is 0 Å². The second-order valence-corrected chi connectivity index (χ2v) is 6.27. The summed E-state index contributed by atoms with van der Waals surface area (Å²) in [5, 5.41) is 21.2. The van der Waals surface area contributed by atoms with Crippen molar-refractivity contribution < 1.29 is 20.3 Å². The average Bonchev–Trinajstić information content (AvgIpc) is 2.56. The highest BCUT2D eigenvalue weighted by atomic mass is 17.5. The zero-order chi connectivity index (χ0) is 17.2. The molecule has 0 rings (SSSR count). The van der Waals surface area contributed by atoms with Crippen LogP contribution in [0, 0.1) is 0 Å². The van der Waals surface area contributed by atoms with Gasteiger partial charge in [-0.05, 0) is 12.8 Å². The number of aliphatic hydroxyl groups is 1. The molecular weight excluding hydrogens is 294 g/mol. The van der Waals surface area contributed by atoms with E-state index in [-0.39, 0.29) is 6.61 Å². The fraction of sp³-hybridized carbons (Fsp3) is 0.889. The Morgan fingerprint density at radius 2 is 1.43 bits per heavy atom. The fourth-order valence-electron chi connectivity index (χ4n) is 2.51. The van der Waals surface area contributed by atoms with E-state index in [4.69, 9.17) is 11.0 Å². The third-order valence-electron chi connectivity index (χ3n) is 4.06. The molecule has 5 heteroatoms. The van der Waals surface area contributed by atoms with Crippen molar-refractivity contribution in [2.45, 2.75) is 96.1 Å². The molecule has 4 N–H and O–H groups in total. The Kier molecular flexibility index (Phi) is 17.5. The largest absolute Gasteiger partial charge is 0.387 e. The van der Waals surface area contributed by atoms with Gasteiger partial charge in [0.05, 0.1) is 12.1 Å². The molecule has 0 saturated carbocycles. The zero-order valence-corrected chi connectivity index (χ0v) is 14.8. The summed E-state index contributed by atoms with van der Waals surface area (Å²) in [7, 11) is 0. The van der Waals surface area contributed by atoms with Crippen LogP contribution in [0.2, 0.25) is 0 Å². The minimum Gasteiger partial charge on any atom is -0.387 e. The minimum absolute atomic E-state index is 0.0551. The van der Waals surface area contributed by atoms with Gasteiger partial charge in [0.1, 0.15) is 6.61 Å². The quantitative estimate of drug-likeness (QED) is 0.160. The molecule has 138 valence electrons. The van der Waals surface area contributed by atoms with Gasteiger partial charge in [-0.15, -0.1) is 0 Å². The van der Waals surface area contributed by atoms with Crippen LogP contribution in [-0.2, 0) is 9.93 Å². The van der Waals surface area contributed by atoms with Crippen LogP contribution in [0.15, 0.2) is 12.2 Å². The van der Waals surface area contributed by atoms with E-state index in [9.17, 15) is 5.11 Å². The van der Waals surface area contributed by atoms with Gasteiger partial charge in [0, 0.05) is 0 Å². The summed E-state index contributed by atoms with van der Waals surface area (Å²) in [6.07, 6.45) is 18.5. The predicted molar refractivity (Wildman–Crippen MR) is 93.9 cm³/mol. The minimum atomic E-state index is -0.780. The normalized spacial score (nSPS) is 14.4. The van der Waals surface area contributed by atoms with E-state index in [0.29, 0.717) is 0 Å². The van der Waals surface area contributed by atoms with Crippen molar-refractivity contribution >= 4 is 0 Å². The summed E-state index contributed by atoms with van der Waals surface area (Å²) in [5.74, 6) is 0. The maximum atomic E-state index is 9.69. The van der Waals surface area contributed by atoms with Gasteiger partial charge in [0.15, 0.2) is 0 Å². The average molecular weight is 331 g/mol. The van der Waals surface area contributed by atoms with Crippen molar-refractivity contribution in [3.8, 4) is 0 Å². The number of unbranched alkanes of at least 4 members (excludes halogenated alkanes) is 11. The maximum absolute atomic E-state index is 9.69. The molecule has 0 aromatic rings. The zero-order valence-electron chi connectivity index (χ0n) is 14.8. The number of hydrogen-bond acceptors (Lipinski definition) is 5. The van der Waals surface area contributed by atoms with E-state index in [0.717, 1.165) is 12.8 Å². The van der Waals surface area contributed by atoms with Crippen LogP contribution in [0.3, 0.4) is 0 Å². The fourth-order valence-corrected chi connectivity index (χ4v) is 2.51. The van der Waals surface area contributed by atoms with E-state index < -0.39 is 12.1 Å². The molecular formula is C18H37NO4. The molecule has 0 spiro atoms. The van der Waals surface area contributed by atoms with Gasteiger partial charge in [-0.1, -0.05) is 88.3 Å². The predicted octanol–water partition coefficient (Wildman–Crippen LogP) is 4.35. The van der Waals surface area contributed by atoms with Crippen molar-refractivity contribution in [1.29, 1.82) is 0 Å². The first-order chi connectivity index (χ1) is 11.2. The summed E-state index contributed by atoms with van der Waals surface area (Å²) in [4.78, 5) is 4.27. The lowest BCUT2D eigenvalue weighted by molar-refractivity contribution is -0.491. The molecule has 0 aliphatic carbocycles. The topological polar surface area (TPSA) is 84.9 Å². The van der Waals surface area contributed by atoms with Gasteiger partial charge in [-0.3, -0.25) is 0 Å². The van der Waals surface area contributed by atoms with Crippen molar-refractivity contribution in [3.05, 3.63) is 12.2 Å². The Morgan fingerprint density at radius 3 is 1.96 bits per heavy atom. The molecule has 0 aromatic carbocycles. The molecule has 1 unspecified atom stereocenters. The van der Waals surface area contributed by atoms with Gasteiger partial charge in [-0.25, -0.2) is 10.1 Å². The van der Waals surface area contributed by atoms with E-state index in [1.165, 1.54) is 64.2 Å². The van der Waals surface area contributed by atoms with Crippen LogP contribution in [0.25, 0.3) is 0 Å². The van der Waals surface area contributed by atoms with Crippen LogP contribution >= 0.6 is 0 Å². The van der Waals surface area contributed by atoms with E-state index in [2.05, 4.69) is 16.8 Å². The molecule has 0 bridgehead atoms. The van der Waals surface area contributed by atoms with Crippen molar-refractivity contribution in [3.63, 3.8) is 0 Å². The highest BCUT2D eigenvalue weighted by molar-refractivity contribution is 4.93. The maximum Gasteiger partial charge on any atom is 0.103 e. The first-order valence-corrected chi connectivity index (χ1v) is 9.25. The van der Waals surface area contributed by atoms with Crippen LogP contribution < -0.4 is 5.73 Å². The lowest BCUT2D eigenvalue weighted by atomic mass is 10.0. The molecule has 0 aliphatic rings. The number of nitrogens with two attached hydrogens (primary N) is 1. The summed E-state index contributed by atoms with van der Waals surface area (Å²) in [6.45, 7) is 2.20. The van der Waals surface area contributed by atoms with Gasteiger partial charge in [0.2, 0.25) is 0 Å². The lowest BCUT2D eigenvalue weighted by Gasteiger charge is -2.13. The number of rotatable bonds is 17. The second-order valence-electron chi connectivity index (χ2n) is 6.27. The van der Waals surface area contributed by atoms with E-state index in [1.807, 2.05) is 6.08 Å². The van der Waals surface area contributed by atoms with Crippen LogP contribution in [-0.4, -0.2) is 29.1 Å². The molecule has 0 aromatic heterocycles. The Bertz CT molecular complexity index is 261. The molecule has 0 fully saturated rings. The first kappa shape index (κ1) is 22.5. The van der Waals surface area contributed by atoms with Crippen LogP contribution in [0.4, 0.5) is 0 Å². The van der Waals surface area contributed by atoms with E-state index in [1.54, 1.807) is 6.08 Å². The van der Waals surface area contributed by atoms with Gasteiger partial charge in [0.25, 0.3) is 0 Å². The second kappa shape index (κ2) is 17.9. The monoisotopic (exact) mass is 331 g/mol. The van der Waals surface area contributed by atoms with Gasteiger partial charge in [-0.2, -0.15) is 0 Å². The number of aliphatic hydroxyl groups excluding tert-OH is 1. The standard InChI is InChI=1S/C18H37NO4/c1-2-3-4-5-6-7-8-9-10-11-12-13-14-15-18(20)17(19)16-22-23-21/h14-15,17-18,20-21H,2-13,16,19H2,1H3/b15-14+/t17-,18?/m0/s1. The lowest BCUT2D eigenvalue weighted by Crippen LogP contribution is -2.37. The van der Waals surface area contributed by atoms with Crippen molar-refractivity contribution in [2.24, 2.45) is 5.73 Å². The molecule has 5 nitrogen and oxygen atoms in total. The third-order valence-corrected chi connectivity index (χ3v) is 4.06. The Morgan fingerprint density at radius 1 is 0.913 bits per heavy atom. The summed E-state index contributed by atoms with van der Waals surface area (Å²) < 4.78 is 0. The van der Waals surface area contributed by atoms with Gasteiger partial charge < -0.3 is 10.8 Å². The molecule has 0 radical (unpaired) electrons. The highest BCUT2D eigenvalue weighted by Crippen LogP contribution is 2.12.